The van der Waals surface area contributed by atoms with E-state index in [1.165, 1.54) is 19.2 Å². The van der Waals surface area contributed by atoms with Crippen molar-refractivity contribution in [1.82, 2.24) is 4.90 Å². The van der Waals surface area contributed by atoms with E-state index in [0.717, 1.165) is 31.2 Å². The first-order valence-corrected chi connectivity index (χ1v) is 8.71. The van der Waals surface area contributed by atoms with Crippen LogP contribution >= 0.6 is 0 Å². The van der Waals surface area contributed by atoms with Crippen molar-refractivity contribution in [3.8, 4) is 0 Å². The topological polar surface area (TPSA) is 66.8 Å². The molecule has 136 valence electrons. The molecule has 1 heterocycles. The van der Waals surface area contributed by atoms with E-state index in [9.17, 15) is 19.1 Å². The van der Waals surface area contributed by atoms with Crippen LogP contribution in [-0.4, -0.2) is 48.7 Å². The number of carbonyl (C=O) groups is 2. The summed E-state index contributed by atoms with van der Waals surface area (Å²) in [5, 5.41) is 9.61. The molecule has 1 atom stereocenters. The average Bonchev–Trinajstić information content (AvgIpc) is 3.24. The van der Waals surface area contributed by atoms with Gasteiger partial charge in [0, 0.05) is 20.2 Å². The Bertz CT molecular complexity index is 654. The van der Waals surface area contributed by atoms with E-state index in [4.69, 9.17) is 4.74 Å². The second kappa shape index (κ2) is 6.75. The molecule has 1 N–H and O–H groups in total. The molecular formula is C19H24FNO4. The van der Waals surface area contributed by atoms with Crippen molar-refractivity contribution in [2.75, 3.05) is 26.8 Å². The number of carboxylic acids is 1. The predicted octanol–water partition coefficient (Wildman–Crippen LogP) is 2.59. The van der Waals surface area contributed by atoms with Crippen molar-refractivity contribution in [3.63, 3.8) is 0 Å². The van der Waals surface area contributed by atoms with Crippen molar-refractivity contribution < 1.29 is 23.8 Å². The molecule has 25 heavy (non-hydrogen) atoms. The van der Waals surface area contributed by atoms with Crippen LogP contribution in [0, 0.1) is 11.2 Å². The van der Waals surface area contributed by atoms with Gasteiger partial charge in [-0.05, 0) is 37.0 Å². The molecule has 0 aromatic heterocycles. The number of rotatable bonds is 5. The van der Waals surface area contributed by atoms with Crippen LogP contribution in [0.1, 0.15) is 37.7 Å². The number of benzene rings is 1. The monoisotopic (exact) mass is 349 g/mol. The van der Waals surface area contributed by atoms with Gasteiger partial charge >= 0.3 is 5.97 Å². The molecule has 1 unspecified atom stereocenters. The highest BCUT2D eigenvalue weighted by molar-refractivity contribution is 5.90. The van der Waals surface area contributed by atoms with Gasteiger partial charge in [0.05, 0.1) is 12.0 Å². The van der Waals surface area contributed by atoms with E-state index in [1.807, 2.05) is 0 Å². The Hall–Kier alpha value is -1.95. The maximum Gasteiger partial charge on any atom is 0.313 e. The summed E-state index contributed by atoms with van der Waals surface area (Å²) in [5.41, 5.74) is -0.863. The Morgan fingerprint density at radius 3 is 2.40 bits per heavy atom. The van der Waals surface area contributed by atoms with Gasteiger partial charge in [0.15, 0.2) is 0 Å². The van der Waals surface area contributed by atoms with Gasteiger partial charge in [-0.2, -0.15) is 0 Å². The molecule has 1 amide bonds. The maximum atomic E-state index is 13.4. The van der Waals surface area contributed by atoms with Crippen LogP contribution in [0.2, 0.25) is 0 Å². The molecule has 1 aliphatic heterocycles. The van der Waals surface area contributed by atoms with Gasteiger partial charge in [-0.15, -0.1) is 0 Å². The first kappa shape index (κ1) is 17.9. The number of hydrogen-bond acceptors (Lipinski definition) is 3. The van der Waals surface area contributed by atoms with E-state index in [-0.39, 0.29) is 24.9 Å². The summed E-state index contributed by atoms with van der Waals surface area (Å²) >= 11 is 0. The molecule has 0 spiro atoms. The molecular weight excluding hydrogens is 325 g/mol. The molecule has 5 nitrogen and oxygen atoms in total. The van der Waals surface area contributed by atoms with Gasteiger partial charge < -0.3 is 14.7 Å². The van der Waals surface area contributed by atoms with Crippen molar-refractivity contribution >= 4 is 11.9 Å². The number of methoxy groups -OCH3 is 1. The first-order valence-electron chi connectivity index (χ1n) is 8.71. The van der Waals surface area contributed by atoms with E-state index >= 15 is 0 Å². The fraction of sp³-hybridized carbons (Fsp3) is 0.579. The van der Waals surface area contributed by atoms with Crippen LogP contribution in [0.15, 0.2) is 24.3 Å². The number of likely N-dealkylation sites (tertiary alicyclic amines) is 1. The highest BCUT2D eigenvalue weighted by Gasteiger charge is 2.51. The average molecular weight is 349 g/mol. The predicted molar refractivity (Wildman–Crippen MR) is 89.7 cm³/mol. The van der Waals surface area contributed by atoms with E-state index in [1.54, 1.807) is 17.0 Å². The number of amides is 1. The van der Waals surface area contributed by atoms with Gasteiger partial charge in [-0.25, -0.2) is 4.39 Å². The number of ether oxygens (including phenoxy) is 1. The van der Waals surface area contributed by atoms with E-state index < -0.39 is 16.8 Å². The summed E-state index contributed by atoms with van der Waals surface area (Å²) in [6.07, 6.45) is 3.72. The number of hydrogen-bond donors (Lipinski definition) is 1. The fourth-order valence-electron chi connectivity index (χ4n) is 4.35. The normalized spacial score (nSPS) is 25.3. The molecule has 2 fully saturated rings. The molecule has 1 saturated heterocycles. The van der Waals surface area contributed by atoms with Crippen molar-refractivity contribution in [2.45, 2.75) is 37.5 Å². The van der Waals surface area contributed by atoms with Gasteiger partial charge in [0.2, 0.25) is 5.91 Å². The molecule has 1 aromatic rings. The summed E-state index contributed by atoms with van der Waals surface area (Å²) in [4.78, 5) is 26.8. The second-order valence-corrected chi connectivity index (χ2v) is 7.29. The lowest BCUT2D eigenvalue weighted by molar-refractivity contribution is -0.152. The molecule has 2 aliphatic rings. The van der Waals surface area contributed by atoms with Crippen LogP contribution in [0.5, 0.6) is 0 Å². The van der Waals surface area contributed by atoms with Crippen molar-refractivity contribution in [1.29, 1.82) is 0 Å². The highest BCUT2D eigenvalue weighted by atomic mass is 19.1. The number of carbonyl (C=O) groups excluding carboxylic acids is 1. The Kier molecular flexibility index (Phi) is 4.82. The third-order valence-corrected chi connectivity index (χ3v) is 5.78. The number of carboxylic acid groups (broad SMARTS) is 1. The van der Waals surface area contributed by atoms with Crippen LogP contribution in [0.3, 0.4) is 0 Å². The fourth-order valence-corrected chi connectivity index (χ4v) is 4.35. The van der Waals surface area contributed by atoms with Crippen molar-refractivity contribution in [2.24, 2.45) is 5.41 Å². The summed E-state index contributed by atoms with van der Waals surface area (Å²) in [6, 6.07) is 6.15. The zero-order chi connectivity index (χ0) is 18.1. The summed E-state index contributed by atoms with van der Waals surface area (Å²) in [7, 11) is 1.48. The van der Waals surface area contributed by atoms with E-state index in [0.29, 0.717) is 13.0 Å². The van der Waals surface area contributed by atoms with Gasteiger partial charge in [0.25, 0.3) is 0 Å². The standard InChI is InChI=1S/C19H24FNO4/c1-25-13-18(17(23)24)10-11-21(12-18)16(22)19(8-2-3-9-19)14-4-6-15(20)7-5-14/h4-7H,2-3,8-13H2,1H3,(H,23,24). The van der Waals surface area contributed by atoms with Gasteiger partial charge in [-0.1, -0.05) is 25.0 Å². The molecule has 1 aliphatic carbocycles. The minimum Gasteiger partial charge on any atom is -0.481 e. The number of aliphatic carboxylic acids is 1. The summed E-state index contributed by atoms with van der Waals surface area (Å²) in [5.74, 6) is -1.28. The summed E-state index contributed by atoms with van der Waals surface area (Å²) in [6.45, 7) is 0.672. The highest BCUT2D eigenvalue weighted by Crippen LogP contribution is 2.44. The Labute approximate surface area is 146 Å². The second-order valence-electron chi connectivity index (χ2n) is 7.29. The molecule has 6 heteroatoms. The lowest BCUT2D eigenvalue weighted by Gasteiger charge is -2.33. The van der Waals surface area contributed by atoms with E-state index in [2.05, 4.69) is 0 Å². The quantitative estimate of drug-likeness (QED) is 0.887. The molecule has 1 aromatic carbocycles. The minimum atomic E-state index is -1.03. The minimum absolute atomic E-state index is 0.0316. The van der Waals surface area contributed by atoms with Crippen molar-refractivity contribution in [3.05, 3.63) is 35.6 Å². The Morgan fingerprint density at radius 2 is 1.84 bits per heavy atom. The molecule has 3 rings (SSSR count). The molecule has 1 saturated carbocycles. The summed E-state index contributed by atoms with van der Waals surface area (Å²) < 4.78 is 18.4. The van der Waals surface area contributed by atoms with Gasteiger partial charge in [-0.3, -0.25) is 9.59 Å². The smallest absolute Gasteiger partial charge is 0.313 e. The number of nitrogens with zero attached hydrogens (tertiary/aromatic N) is 1. The third-order valence-electron chi connectivity index (χ3n) is 5.78. The SMILES string of the molecule is COCC1(C(=O)O)CCN(C(=O)C2(c3ccc(F)cc3)CCCC2)C1. The molecule has 0 bridgehead atoms. The zero-order valence-corrected chi connectivity index (χ0v) is 14.5. The van der Waals surface area contributed by atoms with Crippen LogP contribution in [0.25, 0.3) is 0 Å². The van der Waals surface area contributed by atoms with Crippen LogP contribution < -0.4 is 0 Å². The maximum absolute atomic E-state index is 13.4. The first-order chi connectivity index (χ1) is 11.9. The zero-order valence-electron chi connectivity index (χ0n) is 14.5. The molecule has 0 radical (unpaired) electrons. The third kappa shape index (κ3) is 3.03. The lowest BCUT2D eigenvalue weighted by atomic mass is 9.77. The largest absolute Gasteiger partial charge is 0.481 e. The van der Waals surface area contributed by atoms with Crippen LogP contribution in [-0.2, 0) is 19.7 Å². The van der Waals surface area contributed by atoms with Gasteiger partial charge in [0.1, 0.15) is 11.2 Å². The lowest BCUT2D eigenvalue weighted by Crippen LogP contribution is -2.47. The Morgan fingerprint density at radius 1 is 1.20 bits per heavy atom. The van der Waals surface area contributed by atoms with Crippen LogP contribution in [0.4, 0.5) is 4.39 Å². The Balaban J connectivity index is 1.87. The number of halogens is 1.